The molecule has 2 aromatic carbocycles. The molecule has 2 N–H and O–H groups in total. The molecule has 1 unspecified atom stereocenters. The van der Waals surface area contributed by atoms with Crippen molar-refractivity contribution in [2.45, 2.75) is 56.9 Å². The van der Waals surface area contributed by atoms with Gasteiger partial charge in [-0.1, -0.05) is 18.6 Å². The molecule has 0 aliphatic carbocycles. The van der Waals surface area contributed by atoms with Crippen molar-refractivity contribution in [2.75, 3.05) is 33.4 Å². The van der Waals surface area contributed by atoms with Crippen LogP contribution in [0.5, 0.6) is 5.75 Å². The van der Waals surface area contributed by atoms with Gasteiger partial charge in [-0.15, -0.1) is 0 Å². The minimum Gasteiger partial charge on any atom is -0.497 e. The van der Waals surface area contributed by atoms with Crippen LogP contribution in [0.15, 0.2) is 41.3 Å². The number of amides is 1. The summed E-state index contributed by atoms with van der Waals surface area (Å²) in [5.74, 6) is 1.32. The Morgan fingerprint density at radius 1 is 1.19 bits per heavy atom. The van der Waals surface area contributed by atoms with Gasteiger partial charge in [0.15, 0.2) is 0 Å². The SMILES string of the molecule is COc1cc(C)c(S(=O)(=O)N2CCCCC2COCC(=O)NCCCc2nc3ccccc3[nH]2)c(C)c1. The number of H-pyrrole nitrogens is 1. The van der Waals surface area contributed by atoms with Crippen LogP contribution >= 0.6 is 0 Å². The maximum atomic E-state index is 13.6. The molecule has 1 saturated heterocycles. The van der Waals surface area contributed by atoms with Gasteiger partial charge < -0.3 is 19.8 Å². The highest BCUT2D eigenvalue weighted by molar-refractivity contribution is 7.89. The van der Waals surface area contributed by atoms with Gasteiger partial charge in [0.05, 0.1) is 29.6 Å². The number of piperidine rings is 1. The van der Waals surface area contributed by atoms with E-state index in [1.165, 1.54) is 0 Å². The van der Waals surface area contributed by atoms with Gasteiger partial charge in [-0.25, -0.2) is 13.4 Å². The van der Waals surface area contributed by atoms with E-state index in [-0.39, 0.29) is 25.2 Å². The normalized spacial score (nSPS) is 16.7. The number of imidazole rings is 1. The number of fused-ring (bicyclic) bond motifs is 1. The summed E-state index contributed by atoms with van der Waals surface area (Å²) in [7, 11) is -2.15. The Labute approximate surface area is 218 Å². The van der Waals surface area contributed by atoms with Gasteiger partial charge in [0.1, 0.15) is 18.2 Å². The molecule has 0 bridgehead atoms. The van der Waals surface area contributed by atoms with Crippen molar-refractivity contribution < 1.29 is 22.7 Å². The third-order valence-electron chi connectivity index (χ3n) is 6.70. The topological polar surface area (TPSA) is 114 Å². The Morgan fingerprint density at radius 2 is 1.95 bits per heavy atom. The van der Waals surface area contributed by atoms with Gasteiger partial charge >= 0.3 is 0 Å². The predicted octanol–water partition coefficient (Wildman–Crippen LogP) is 3.50. The summed E-state index contributed by atoms with van der Waals surface area (Å²) >= 11 is 0. The van der Waals surface area contributed by atoms with Crippen molar-refractivity contribution in [3.8, 4) is 5.75 Å². The van der Waals surface area contributed by atoms with E-state index in [9.17, 15) is 13.2 Å². The number of hydrogen-bond donors (Lipinski definition) is 2. The third-order valence-corrected chi connectivity index (χ3v) is 8.96. The van der Waals surface area contributed by atoms with Crippen LogP contribution in [0.25, 0.3) is 11.0 Å². The number of hydrogen-bond acceptors (Lipinski definition) is 6. The summed E-state index contributed by atoms with van der Waals surface area (Å²) < 4.78 is 39.8. The number of nitrogens with one attached hydrogen (secondary N) is 2. The number of sulfonamides is 1. The summed E-state index contributed by atoms with van der Waals surface area (Å²) in [4.78, 5) is 20.4. The lowest BCUT2D eigenvalue weighted by molar-refractivity contribution is -0.126. The largest absolute Gasteiger partial charge is 0.497 e. The van der Waals surface area contributed by atoms with E-state index in [1.807, 2.05) is 24.3 Å². The molecule has 0 radical (unpaired) electrons. The Kier molecular flexibility index (Phi) is 8.83. The molecule has 1 atom stereocenters. The van der Waals surface area contributed by atoms with Crippen LogP contribution in [0.3, 0.4) is 0 Å². The quantitative estimate of drug-likeness (QED) is 0.368. The van der Waals surface area contributed by atoms with E-state index in [1.54, 1.807) is 37.4 Å². The van der Waals surface area contributed by atoms with Crippen LogP contribution in [0, 0.1) is 13.8 Å². The molecule has 2 heterocycles. The van der Waals surface area contributed by atoms with E-state index in [0.29, 0.717) is 41.3 Å². The van der Waals surface area contributed by atoms with Gasteiger partial charge in [-0.05, 0) is 68.5 Å². The van der Waals surface area contributed by atoms with Crippen LogP contribution in [0.4, 0.5) is 0 Å². The maximum absolute atomic E-state index is 13.6. The Bertz CT molecular complexity index is 1280. The molecule has 37 heavy (non-hydrogen) atoms. The van der Waals surface area contributed by atoms with Crippen molar-refractivity contribution in [1.82, 2.24) is 19.6 Å². The lowest BCUT2D eigenvalue weighted by Crippen LogP contribution is -2.46. The second-order valence-corrected chi connectivity index (χ2v) is 11.4. The number of aromatic nitrogens is 2. The number of aromatic amines is 1. The maximum Gasteiger partial charge on any atom is 0.245 e. The molecule has 1 fully saturated rings. The van der Waals surface area contributed by atoms with E-state index in [4.69, 9.17) is 9.47 Å². The van der Waals surface area contributed by atoms with Crippen molar-refractivity contribution >= 4 is 27.0 Å². The number of benzene rings is 2. The number of ether oxygens (including phenoxy) is 2. The number of carbonyl (C=O) groups excluding carboxylic acids is 1. The summed E-state index contributed by atoms with van der Waals surface area (Å²) in [5.41, 5.74) is 3.25. The molecule has 1 aromatic heterocycles. The van der Waals surface area contributed by atoms with Crippen molar-refractivity contribution in [2.24, 2.45) is 0 Å². The molecule has 0 spiro atoms. The Morgan fingerprint density at radius 3 is 2.68 bits per heavy atom. The van der Waals surface area contributed by atoms with Gasteiger partial charge in [-0.2, -0.15) is 4.31 Å². The zero-order valence-electron chi connectivity index (χ0n) is 21.7. The molecule has 3 aromatic rings. The second kappa shape index (κ2) is 12.1. The average Bonchev–Trinajstić information content (AvgIpc) is 3.29. The lowest BCUT2D eigenvalue weighted by atomic mass is 10.1. The summed E-state index contributed by atoms with van der Waals surface area (Å²) in [6.45, 7) is 4.61. The van der Waals surface area contributed by atoms with Crippen LogP contribution < -0.4 is 10.1 Å². The first-order valence-corrected chi connectivity index (χ1v) is 14.2. The predicted molar refractivity (Wildman–Crippen MR) is 142 cm³/mol. The monoisotopic (exact) mass is 528 g/mol. The molecule has 4 rings (SSSR count). The van der Waals surface area contributed by atoms with Crippen LogP contribution in [0.2, 0.25) is 0 Å². The molecule has 1 aliphatic rings. The number of aryl methyl sites for hydroxylation is 3. The van der Waals surface area contributed by atoms with Crippen molar-refractivity contribution in [3.05, 3.63) is 53.3 Å². The highest BCUT2D eigenvalue weighted by Gasteiger charge is 2.35. The van der Waals surface area contributed by atoms with E-state index < -0.39 is 10.0 Å². The fraction of sp³-hybridized carbons (Fsp3) is 0.481. The average molecular weight is 529 g/mol. The van der Waals surface area contributed by atoms with Crippen molar-refractivity contribution in [1.29, 1.82) is 0 Å². The zero-order chi connectivity index (χ0) is 26.4. The van der Waals surface area contributed by atoms with E-state index >= 15 is 0 Å². The van der Waals surface area contributed by atoms with Gasteiger partial charge in [0.25, 0.3) is 0 Å². The minimum atomic E-state index is -3.71. The Balaban J connectivity index is 1.26. The van der Waals surface area contributed by atoms with Gasteiger partial charge in [0, 0.05) is 25.6 Å². The lowest BCUT2D eigenvalue weighted by Gasteiger charge is -2.35. The molecule has 200 valence electrons. The minimum absolute atomic E-state index is 0.102. The number of rotatable bonds is 11. The molecule has 1 amide bonds. The Hall–Kier alpha value is -2.95. The van der Waals surface area contributed by atoms with Gasteiger partial charge in [0.2, 0.25) is 15.9 Å². The summed E-state index contributed by atoms with van der Waals surface area (Å²) in [6, 6.07) is 11.1. The zero-order valence-corrected chi connectivity index (χ0v) is 22.6. The summed E-state index contributed by atoms with van der Waals surface area (Å²) in [6.07, 6.45) is 3.91. The number of para-hydroxylation sites is 2. The smallest absolute Gasteiger partial charge is 0.245 e. The number of carbonyl (C=O) groups is 1. The highest BCUT2D eigenvalue weighted by Crippen LogP contribution is 2.31. The van der Waals surface area contributed by atoms with E-state index in [0.717, 1.165) is 42.5 Å². The molecule has 9 nitrogen and oxygen atoms in total. The van der Waals surface area contributed by atoms with Crippen LogP contribution in [0.1, 0.15) is 42.6 Å². The van der Waals surface area contributed by atoms with Crippen LogP contribution in [-0.2, 0) is 26.0 Å². The third kappa shape index (κ3) is 6.49. The molecular weight excluding hydrogens is 492 g/mol. The molecule has 1 aliphatic heterocycles. The van der Waals surface area contributed by atoms with Crippen LogP contribution in [-0.4, -0.2) is 68.1 Å². The number of methoxy groups -OCH3 is 1. The van der Waals surface area contributed by atoms with Crippen molar-refractivity contribution in [3.63, 3.8) is 0 Å². The summed E-state index contributed by atoms with van der Waals surface area (Å²) in [5, 5.41) is 2.87. The fourth-order valence-corrected chi connectivity index (χ4v) is 7.05. The molecule has 0 saturated carbocycles. The first-order valence-electron chi connectivity index (χ1n) is 12.7. The number of nitrogens with zero attached hydrogens (tertiary/aromatic N) is 2. The highest BCUT2D eigenvalue weighted by atomic mass is 32.2. The second-order valence-electron chi connectivity index (χ2n) is 9.52. The molecular formula is C27H36N4O5S. The van der Waals surface area contributed by atoms with Gasteiger partial charge in [-0.3, -0.25) is 4.79 Å². The first-order chi connectivity index (χ1) is 17.8. The standard InChI is InChI=1S/C27H36N4O5S/c1-19-15-22(35-3)16-20(2)27(19)37(33,34)31-14-7-6-9-21(31)17-36-18-26(32)28-13-8-12-25-29-23-10-4-5-11-24(23)30-25/h4-5,10-11,15-16,21H,6-9,12-14,17-18H2,1-3H3,(H,28,32)(H,29,30). The fourth-order valence-electron chi connectivity index (χ4n) is 4.96. The first kappa shape index (κ1) is 27.1. The molecule has 10 heteroatoms. The van der Waals surface area contributed by atoms with E-state index in [2.05, 4.69) is 15.3 Å².